The molecule has 82 valence electrons. The molecule has 0 aromatic rings. The van der Waals surface area contributed by atoms with Gasteiger partial charge in [0.2, 0.25) is 0 Å². The largest absolute Gasteiger partial charge is 0.381 e. The summed E-state index contributed by atoms with van der Waals surface area (Å²) < 4.78 is 5.19. The lowest BCUT2D eigenvalue weighted by molar-refractivity contribution is -0.122. The van der Waals surface area contributed by atoms with Crippen LogP contribution in [0.1, 0.15) is 38.5 Å². The van der Waals surface area contributed by atoms with Gasteiger partial charge >= 0.3 is 0 Å². The molecule has 0 radical (unpaired) electrons. The van der Waals surface area contributed by atoms with Crippen LogP contribution < -0.4 is 5.73 Å². The summed E-state index contributed by atoms with van der Waals surface area (Å²) in [4.78, 5) is 11.6. The SMILES string of the molecule is NCCCCCCC(=O)C1CCOC1. The van der Waals surface area contributed by atoms with Crippen LogP contribution >= 0.6 is 0 Å². The number of carbonyl (C=O) groups is 1. The number of unbranched alkanes of at least 4 members (excludes halogenated alkanes) is 3. The zero-order chi connectivity index (χ0) is 10.2. The lowest BCUT2D eigenvalue weighted by atomic mass is 9.98. The fraction of sp³-hybridized carbons (Fsp3) is 0.909. The first-order chi connectivity index (χ1) is 6.84. The highest BCUT2D eigenvalue weighted by molar-refractivity contribution is 5.81. The maximum absolute atomic E-state index is 11.6. The van der Waals surface area contributed by atoms with Gasteiger partial charge in [0, 0.05) is 18.9 Å². The Bertz CT molecular complexity index is 165. The van der Waals surface area contributed by atoms with Gasteiger partial charge in [-0.3, -0.25) is 4.79 Å². The van der Waals surface area contributed by atoms with E-state index < -0.39 is 0 Å². The van der Waals surface area contributed by atoms with Gasteiger partial charge in [-0.2, -0.15) is 0 Å². The zero-order valence-corrected chi connectivity index (χ0v) is 8.84. The average molecular weight is 199 g/mol. The fourth-order valence-electron chi connectivity index (χ4n) is 1.79. The topological polar surface area (TPSA) is 52.3 Å². The van der Waals surface area contributed by atoms with E-state index in [1.54, 1.807) is 0 Å². The predicted molar refractivity (Wildman–Crippen MR) is 56.1 cm³/mol. The highest BCUT2D eigenvalue weighted by Crippen LogP contribution is 2.16. The molecule has 1 heterocycles. The molecular weight excluding hydrogens is 178 g/mol. The second-order valence-electron chi connectivity index (χ2n) is 3.98. The number of rotatable bonds is 7. The van der Waals surface area contributed by atoms with Crippen LogP contribution in [0.5, 0.6) is 0 Å². The van der Waals surface area contributed by atoms with Crippen LogP contribution in [0.3, 0.4) is 0 Å². The molecule has 0 saturated carbocycles. The van der Waals surface area contributed by atoms with E-state index in [4.69, 9.17) is 10.5 Å². The molecule has 1 unspecified atom stereocenters. The summed E-state index contributed by atoms with van der Waals surface area (Å²) in [7, 11) is 0. The van der Waals surface area contributed by atoms with Gasteiger partial charge in [0.15, 0.2) is 0 Å². The summed E-state index contributed by atoms with van der Waals surface area (Å²) in [6.45, 7) is 2.19. The third-order valence-electron chi connectivity index (χ3n) is 2.76. The molecule has 0 amide bonds. The Hall–Kier alpha value is -0.410. The van der Waals surface area contributed by atoms with Crippen LogP contribution in [0.4, 0.5) is 0 Å². The molecule has 0 bridgehead atoms. The van der Waals surface area contributed by atoms with Crippen LogP contribution in [-0.4, -0.2) is 25.5 Å². The lowest BCUT2D eigenvalue weighted by Crippen LogP contribution is -2.13. The third-order valence-corrected chi connectivity index (χ3v) is 2.76. The Morgan fingerprint density at radius 3 is 2.71 bits per heavy atom. The number of ketones is 1. The molecule has 2 N–H and O–H groups in total. The van der Waals surface area contributed by atoms with E-state index in [-0.39, 0.29) is 5.92 Å². The van der Waals surface area contributed by atoms with E-state index >= 15 is 0 Å². The minimum absolute atomic E-state index is 0.199. The Morgan fingerprint density at radius 2 is 2.07 bits per heavy atom. The minimum Gasteiger partial charge on any atom is -0.381 e. The van der Waals surface area contributed by atoms with Crippen molar-refractivity contribution in [1.29, 1.82) is 0 Å². The number of ether oxygens (including phenoxy) is 1. The van der Waals surface area contributed by atoms with Crippen LogP contribution in [0, 0.1) is 5.92 Å². The molecule has 3 nitrogen and oxygen atoms in total. The zero-order valence-electron chi connectivity index (χ0n) is 8.84. The third kappa shape index (κ3) is 4.20. The number of nitrogens with two attached hydrogens (primary N) is 1. The minimum atomic E-state index is 0.199. The highest BCUT2D eigenvalue weighted by Gasteiger charge is 2.22. The van der Waals surface area contributed by atoms with Crippen molar-refractivity contribution >= 4 is 5.78 Å². The fourth-order valence-corrected chi connectivity index (χ4v) is 1.79. The maximum atomic E-state index is 11.6. The van der Waals surface area contributed by atoms with Gasteiger partial charge in [0.25, 0.3) is 0 Å². The van der Waals surface area contributed by atoms with Gasteiger partial charge in [-0.25, -0.2) is 0 Å². The first-order valence-electron chi connectivity index (χ1n) is 5.65. The van der Waals surface area contributed by atoms with Gasteiger partial charge < -0.3 is 10.5 Å². The summed E-state index contributed by atoms with van der Waals surface area (Å²) in [6.07, 6.45) is 6.07. The van der Waals surface area contributed by atoms with Crippen LogP contribution in [0.15, 0.2) is 0 Å². The molecule has 0 aromatic heterocycles. The molecule has 1 fully saturated rings. The van der Waals surface area contributed by atoms with Crippen molar-refractivity contribution < 1.29 is 9.53 Å². The van der Waals surface area contributed by atoms with Gasteiger partial charge in [-0.1, -0.05) is 12.8 Å². The molecule has 14 heavy (non-hydrogen) atoms. The standard InChI is InChI=1S/C11H21NO2/c12-7-4-2-1-3-5-11(13)10-6-8-14-9-10/h10H,1-9,12H2. The molecule has 1 aliphatic heterocycles. The quantitative estimate of drug-likeness (QED) is 0.632. The Labute approximate surface area is 86.0 Å². The van der Waals surface area contributed by atoms with Crippen molar-refractivity contribution in [2.45, 2.75) is 38.5 Å². The van der Waals surface area contributed by atoms with Gasteiger partial charge in [-0.05, 0) is 25.8 Å². The molecule has 1 aliphatic rings. The second-order valence-corrected chi connectivity index (χ2v) is 3.98. The van der Waals surface area contributed by atoms with Crippen LogP contribution in [-0.2, 0) is 9.53 Å². The van der Waals surface area contributed by atoms with Crippen molar-refractivity contribution in [3.63, 3.8) is 0 Å². The first-order valence-corrected chi connectivity index (χ1v) is 5.65. The number of hydrogen-bond donors (Lipinski definition) is 1. The highest BCUT2D eigenvalue weighted by atomic mass is 16.5. The molecule has 0 aliphatic carbocycles. The second kappa shape index (κ2) is 6.96. The molecule has 1 atom stereocenters. The van der Waals surface area contributed by atoms with Crippen molar-refractivity contribution in [1.82, 2.24) is 0 Å². The molecule has 0 spiro atoms. The van der Waals surface area contributed by atoms with E-state index in [1.165, 1.54) is 0 Å². The summed E-state index contributed by atoms with van der Waals surface area (Å²) in [5.41, 5.74) is 5.39. The first kappa shape index (κ1) is 11.7. The van der Waals surface area contributed by atoms with E-state index in [0.717, 1.165) is 51.7 Å². The predicted octanol–water partition coefficient (Wildman–Crippen LogP) is 1.50. The molecule has 3 heteroatoms. The van der Waals surface area contributed by atoms with Gasteiger partial charge in [-0.15, -0.1) is 0 Å². The van der Waals surface area contributed by atoms with Gasteiger partial charge in [0.1, 0.15) is 5.78 Å². The molecular formula is C11H21NO2. The smallest absolute Gasteiger partial charge is 0.138 e. The Morgan fingerprint density at radius 1 is 1.29 bits per heavy atom. The monoisotopic (exact) mass is 199 g/mol. The van der Waals surface area contributed by atoms with Crippen molar-refractivity contribution in [2.75, 3.05) is 19.8 Å². The number of hydrogen-bond acceptors (Lipinski definition) is 3. The van der Waals surface area contributed by atoms with Crippen LogP contribution in [0.25, 0.3) is 0 Å². The Balaban J connectivity index is 1.97. The van der Waals surface area contributed by atoms with Gasteiger partial charge in [0.05, 0.1) is 6.61 Å². The maximum Gasteiger partial charge on any atom is 0.138 e. The molecule has 1 saturated heterocycles. The normalized spacial score (nSPS) is 21.4. The summed E-state index contributed by atoms with van der Waals surface area (Å²) in [6, 6.07) is 0. The molecule has 0 aromatic carbocycles. The van der Waals surface area contributed by atoms with Crippen LogP contribution in [0.2, 0.25) is 0 Å². The van der Waals surface area contributed by atoms with E-state index in [9.17, 15) is 4.79 Å². The summed E-state index contributed by atoms with van der Waals surface area (Å²) in [5, 5.41) is 0. The number of carbonyl (C=O) groups excluding carboxylic acids is 1. The van der Waals surface area contributed by atoms with Crippen molar-refractivity contribution in [2.24, 2.45) is 11.7 Å². The van der Waals surface area contributed by atoms with E-state index in [0.29, 0.717) is 12.4 Å². The molecule has 1 rings (SSSR count). The summed E-state index contributed by atoms with van der Waals surface area (Å²) in [5.74, 6) is 0.597. The van der Waals surface area contributed by atoms with E-state index in [1.807, 2.05) is 0 Å². The summed E-state index contributed by atoms with van der Waals surface area (Å²) >= 11 is 0. The van der Waals surface area contributed by atoms with Crippen molar-refractivity contribution in [3.05, 3.63) is 0 Å². The van der Waals surface area contributed by atoms with E-state index in [2.05, 4.69) is 0 Å². The lowest BCUT2D eigenvalue weighted by Gasteiger charge is -2.05. The van der Waals surface area contributed by atoms with Crippen molar-refractivity contribution in [3.8, 4) is 0 Å². The number of Topliss-reactive ketones (excluding diaryl/α,β-unsaturated/α-hetero) is 1. The average Bonchev–Trinajstić information content (AvgIpc) is 2.70. The Kier molecular flexibility index (Phi) is 5.80.